The van der Waals surface area contributed by atoms with Crippen molar-refractivity contribution in [2.45, 2.75) is 83.8 Å². The highest BCUT2D eigenvalue weighted by Gasteiger charge is 2.36. The number of rotatable bonds is 9. The maximum Gasteiger partial charge on any atom is 0.419 e. The lowest BCUT2D eigenvalue weighted by molar-refractivity contribution is -0.137. The quantitative estimate of drug-likeness (QED) is 0.141. The number of aromatic nitrogens is 5. The molecule has 4 aromatic rings. The highest BCUT2D eigenvalue weighted by molar-refractivity contribution is 6.76. The van der Waals surface area contributed by atoms with E-state index in [0.717, 1.165) is 23.5 Å². The van der Waals surface area contributed by atoms with Gasteiger partial charge in [-0.3, -0.25) is 0 Å². The van der Waals surface area contributed by atoms with E-state index in [1.807, 2.05) is 18.2 Å². The van der Waals surface area contributed by atoms with Crippen molar-refractivity contribution < 1.29 is 27.4 Å². The molecule has 1 atom stereocenters. The topological polar surface area (TPSA) is 110 Å². The summed E-state index contributed by atoms with van der Waals surface area (Å²) in [7, 11) is -1.22. The SMILES string of the molecule is CC(C)(C)OC(=O)N1CCC[C@H](Nc2ncc(C(F)(F)F)c(-c3c[nH]c4cc(-c5ccnn5COCC[Si](C)(C)C)ccc34)n2)C1. The second-order valence-electron chi connectivity index (χ2n) is 13.9. The largest absolute Gasteiger partial charge is 0.444 e. The molecule has 0 bridgehead atoms. The van der Waals surface area contributed by atoms with Gasteiger partial charge in [0.1, 0.15) is 17.9 Å². The number of aromatic amines is 1. The summed E-state index contributed by atoms with van der Waals surface area (Å²) in [5, 5.41) is 8.14. The smallest absolute Gasteiger partial charge is 0.419 e. The first-order chi connectivity index (χ1) is 21.6. The van der Waals surface area contributed by atoms with Crippen molar-refractivity contribution in [1.82, 2.24) is 29.6 Å². The Bertz CT molecular complexity index is 1670. The second-order valence-corrected chi connectivity index (χ2v) is 19.5. The number of hydrogen-bond acceptors (Lipinski definition) is 7. The van der Waals surface area contributed by atoms with E-state index in [0.29, 0.717) is 55.7 Å². The van der Waals surface area contributed by atoms with Crippen molar-refractivity contribution in [1.29, 1.82) is 0 Å². The molecule has 1 saturated heterocycles. The number of H-pyrrole nitrogens is 1. The molecule has 0 aliphatic carbocycles. The van der Waals surface area contributed by atoms with Crippen molar-refractivity contribution in [3.63, 3.8) is 0 Å². The van der Waals surface area contributed by atoms with Crippen molar-refractivity contribution in [3.05, 3.63) is 48.4 Å². The van der Waals surface area contributed by atoms with Crippen molar-refractivity contribution in [2.24, 2.45) is 0 Å². The molecule has 46 heavy (non-hydrogen) atoms. The minimum absolute atomic E-state index is 0.0584. The van der Waals surface area contributed by atoms with E-state index in [1.54, 1.807) is 42.6 Å². The van der Waals surface area contributed by atoms with E-state index in [-0.39, 0.29) is 17.7 Å². The monoisotopic (exact) mass is 657 g/mol. The summed E-state index contributed by atoms with van der Waals surface area (Å²) in [6, 6.07) is 8.21. The van der Waals surface area contributed by atoms with Gasteiger partial charge in [0.2, 0.25) is 5.95 Å². The van der Waals surface area contributed by atoms with Gasteiger partial charge in [0.05, 0.1) is 11.4 Å². The van der Waals surface area contributed by atoms with E-state index in [2.05, 4.69) is 45.0 Å². The molecule has 3 aromatic heterocycles. The molecule has 5 rings (SSSR count). The fourth-order valence-electron chi connectivity index (χ4n) is 5.33. The number of anilines is 1. The van der Waals surface area contributed by atoms with Crippen molar-refractivity contribution in [2.75, 3.05) is 25.0 Å². The molecule has 1 aliphatic rings. The van der Waals surface area contributed by atoms with E-state index in [4.69, 9.17) is 9.47 Å². The Morgan fingerprint density at radius 3 is 2.67 bits per heavy atom. The highest BCUT2D eigenvalue weighted by Crippen LogP contribution is 2.39. The number of benzene rings is 1. The number of piperidine rings is 1. The average molecular weight is 658 g/mol. The summed E-state index contributed by atoms with van der Waals surface area (Å²) in [6.45, 7) is 14.1. The molecule has 2 N–H and O–H groups in total. The Morgan fingerprint density at radius 2 is 1.96 bits per heavy atom. The third kappa shape index (κ3) is 8.26. The molecular weight excluding hydrogens is 615 g/mol. The van der Waals surface area contributed by atoms with Gasteiger partial charge in [0, 0.05) is 74.4 Å². The molecule has 1 fully saturated rings. The number of likely N-dealkylation sites (tertiary alicyclic amines) is 1. The van der Waals surface area contributed by atoms with E-state index in [9.17, 15) is 18.0 Å². The third-order valence-corrected chi connectivity index (χ3v) is 9.36. The Morgan fingerprint density at radius 1 is 1.17 bits per heavy atom. The molecule has 1 aromatic carbocycles. The zero-order valence-corrected chi connectivity index (χ0v) is 28.2. The van der Waals surface area contributed by atoms with Crippen molar-refractivity contribution >= 4 is 31.0 Å². The molecule has 14 heteroatoms. The molecule has 1 aliphatic heterocycles. The van der Waals surface area contributed by atoms with Gasteiger partial charge in [-0.1, -0.05) is 31.8 Å². The van der Waals surface area contributed by atoms with Crippen LogP contribution in [-0.2, 0) is 22.4 Å². The van der Waals surface area contributed by atoms with Crippen LogP contribution < -0.4 is 5.32 Å². The van der Waals surface area contributed by atoms with Gasteiger partial charge in [0.15, 0.2) is 0 Å². The van der Waals surface area contributed by atoms with E-state index in [1.165, 1.54) is 6.20 Å². The van der Waals surface area contributed by atoms with Gasteiger partial charge in [-0.2, -0.15) is 18.3 Å². The van der Waals surface area contributed by atoms with E-state index >= 15 is 0 Å². The van der Waals surface area contributed by atoms with Crippen LogP contribution in [0.3, 0.4) is 0 Å². The summed E-state index contributed by atoms with van der Waals surface area (Å²) >= 11 is 0. The number of halogens is 3. The predicted octanol–water partition coefficient (Wildman–Crippen LogP) is 7.63. The molecule has 0 saturated carbocycles. The molecule has 10 nitrogen and oxygen atoms in total. The average Bonchev–Trinajstić information content (AvgIpc) is 3.60. The molecule has 4 heterocycles. The van der Waals surface area contributed by atoms with Gasteiger partial charge in [-0.05, 0) is 51.8 Å². The number of nitrogens with zero attached hydrogens (tertiary/aromatic N) is 5. The standard InChI is InChI=1S/C32H42F3N7O3Si/c1-31(2,3)45-30(43)41-13-7-8-22(19-41)39-29-37-18-25(32(33,34)35)28(40-29)24-17-36-26-16-21(9-10-23(24)26)27-11-12-38-42(27)20-44-14-15-46(4,5)6/h9-12,16-18,22,36H,7-8,13-15,19-20H2,1-6H3,(H,37,39,40)/t22-/m0/s1. The zero-order valence-electron chi connectivity index (χ0n) is 27.2. The molecule has 1 amide bonds. The first-order valence-corrected chi connectivity index (χ1v) is 19.2. The van der Waals surface area contributed by atoms with Crippen LogP contribution in [0.5, 0.6) is 0 Å². The maximum absolute atomic E-state index is 14.2. The summed E-state index contributed by atoms with van der Waals surface area (Å²) < 4.78 is 55.8. The van der Waals surface area contributed by atoms with Crippen LogP contribution in [0.2, 0.25) is 25.7 Å². The minimum atomic E-state index is -4.67. The Labute approximate surface area is 267 Å². The van der Waals surface area contributed by atoms with Gasteiger partial charge in [-0.25, -0.2) is 19.4 Å². The van der Waals surface area contributed by atoms with Gasteiger partial charge < -0.3 is 24.7 Å². The van der Waals surface area contributed by atoms with Crippen LogP contribution >= 0.6 is 0 Å². The Hall–Kier alpha value is -3.91. The van der Waals surface area contributed by atoms with Crippen LogP contribution in [0.15, 0.2) is 42.9 Å². The number of nitrogens with one attached hydrogen (secondary N) is 2. The summed E-state index contributed by atoms with van der Waals surface area (Å²) in [5.41, 5.74) is 0.845. The summed E-state index contributed by atoms with van der Waals surface area (Å²) in [4.78, 5) is 25.7. The lowest BCUT2D eigenvalue weighted by Crippen LogP contribution is -2.47. The first-order valence-electron chi connectivity index (χ1n) is 15.5. The lowest BCUT2D eigenvalue weighted by Gasteiger charge is -2.34. The summed E-state index contributed by atoms with van der Waals surface area (Å²) in [5.74, 6) is 0.0584. The third-order valence-electron chi connectivity index (χ3n) is 7.66. The Kier molecular flexibility index (Phi) is 9.50. The van der Waals surface area contributed by atoms with Crippen LogP contribution in [-0.4, -0.2) is 75.1 Å². The number of hydrogen-bond donors (Lipinski definition) is 2. The van der Waals surface area contributed by atoms with Crippen molar-refractivity contribution in [3.8, 4) is 22.5 Å². The lowest BCUT2D eigenvalue weighted by atomic mass is 10.0. The number of alkyl halides is 3. The van der Waals surface area contributed by atoms with Crippen LogP contribution in [0.25, 0.3) is 33.4 Å². The fraction of sp³-hybridized carbons (Fsp3) is 0.500. The normalized spacial score (nSPS) is 16.2. The molecule has 0 spiro atoms. The van der Waals surface area contributed by atoms with Gasteiger partial charge in [0.25, 0.3) is 0 Å². The second kappa shape index (κ2) is 13.1. The molecular formula is C32H42F3N7O3Si. The molecule has 0 unspecified atom stereocenters. The number of amides is 1. The van der Waals surface area contributed by atoms with Crippen LogP contribution in [0, 0.1) is 0 Å². The van der Waals surface area contributed by atoms with Crippen LogP contribution in [0.4, 0.5) is 23.9 Å². The zero-order chi connectivity index (χ0) is 33.3. The number of carbonyl (C=O) groups excluding carboxylic acids is 1. The number of carbonyl (C=O) groups is 1. The molecule has 248 valence electrons. The van der Waals surface area contributed by atoms with Gasteiger partial charge in [-0.15, -0.1) is 0 Å². The highest BCUT2D eigenvalue weighted by atomic mass is 28.3. The fourth-order valence-corrected chi connectivity index (χ4v) is 6.08. The predicted molar refractivity (Wildman–Crippen MR) is 174 cm³/mol. The molecule has 0 radical (unpaired) electrons. The number of ether oxygens (including phenoxy) is 2. The minimum Gasteiger partial charge on any atom is -0.444 e. The first kappa shape index (κ1) is 33.5. The Balaban J connectivity index is 1.38. The van der Waals surface area contributed by atoms with Gasteiger partial charge >= 0.3 is 12.3 Å². The number of fused-ring (bicyclic) bond motifs is 1. The maximum atomic E-state index is 14.2. The van der Waals surface area contributed by atoms with Crippen LogP contribution in [0.1, 0.15) is 39.2 Å². The summed E-state index contributed by atoms with van der Waals surface area (Å²) in [6.07, 6.45) is 0.366. The van der Waals surface area contributed by atoms with E-state index < -0.39 is 31.5 Å².